The Balaban J connectivity index is 1.35. The number of aliphatic imine (C=N–C) groups is 1. The van der Waals surface area contributed by atoms with Crippen LogP contribution in [0.5, 0.6) is 0 Å². The predicted octanol–water partition coefficient (Wildman–Crippen LogP) is 3.40. The van der Waals surface area contributed by atoms with Gasteiger partial charge in [0.15, 0.2) is 11.7 Å². The molecule has 1 N–H and O–H groups in total. The summed E-state index contributed by atoms with van der Waals surface area (Å²) < 4.78 is 5.24. The summed E-state index contributed by atoms with van der Waals surface area (Å²) in [5.41, 5.74) is 1.29. The highest BCUT2D eigenvalue weighted by Crippen LogP contribution is 2.16. The molecule has 0 spiro atoms. The zero-order valence-corrected chi connectivity index (χ0v) is 17.4. The van der Waals surface area contributed by atoms with Gasteiger partial charge >= 0.3 is 0 Å². The molecule has 30 heavy (non-hydrogen) atoms. The molecule has 1 saturated heterocycles. The van der Waals surface area contributed by atoms with Gasteiger partial charge in [-0.3, -0.25) is 9.79 Å². The third-order valence-electron chi connectivity index (χ3n) is 5.41. The molecule has 1 amide bonds. The van der Waals surface area contributed by atoms with Crippen LogP contribution >= 0.6 is 0 Å². The van der Waals surface area contributed by atoms with Gasteiger partial charge in [0.25, 0.3) is 5.91 Å². The SMILES string of the molecule is CCNC(=NCCc1ccc2ccccc2c1)N1CCN(C(=O)c2ccco2)CC1. The molecular weight excluding hydrogens is 376 g/mol. The average molecular weight is 405 g/mol. The molecule has 1 aromatic heterocycles. The number of nitrogens with zero attached hydrogens (tertiary/aromatic N) is 3. The van der Waals surface area contributed by atoms with E-state index in [2.05, 4.69) is 59.6 Å². The molecule has 2 heterocycles. The Kier molecular flexibility index (Phi) is 6.32. The predicted molar refractivity (Wildman–Crippen MR) is 120 cm³/mol. The minimum Gasteiger partial charge on any atom is -0.459 e. The van der Waals surface area contributed by atoms with Crippen molar-refractivity contribution in [1.82, 2.24) is 15.1 Å². The first-order valence-electron chi connectivity index (χ1n) is 10.6. The van der Waals surface area contributed by atoms with Gasteiger partial charge in [0, 0.05) is 39.3 Å². The van der Waals surface area contributed by atoms with Crippen LogP contribution in [0.3, 0.4) is 0 Å². The number of rotatable bonds is 5. The van der Waals surface area contributed by atoms with Gasteiger partial charge in [-0.2, -0.15) is 0 Å². The highest BCUT2D eigenvalue weighted by Gasteiger charge is 2.25. The van der Waals surface area contributed by atoms with Crippen LogP contribution in [0.2, 0.25) is 0 Å². The lowest BCUT2D eigenvalue weighted by atomic mass is 10.1. The van der Waals surface area contributed by atoms with Crippen molar-refractivity contribution < 1.29 is 9.21 Å². The number of amides is 1. The molecule has 1 fully saturated rings. The topological polar surface area (TPSA) is 61.1 Å². The van der Waals surface area contributed by atoms with Gasteiger partial charge in [0.2, 0.25) is 0 Å². The largest absolute Gasteiger partial charge is 0.459 e. The number of carbonyl (C=O) groups is 1. The lowest BCUT2D eigenvalue weighted by Crippen LogP contribution is -2.53. The van der Waals surface area contributed by atoms with Crippen LogP contribution in [0.1, 0.15) is 23.0 Å². The smallest absolute Gasteiger partial charge is 0.289 e. The van der Waals surface area contributed by atoms with Crippen molar-refractivity contribution in [3.63, 3.8) is 0 Å². The molecule has 3 aromatic rings. The fourth-order valence-electron chi connectivity index (χ4n) is 3.79. The Bertz CT molecular complexity index is 1000. The van der Waals surface area contributed by atoms with Crippen LogP contribution in [0, 0.1) is 0 Å². The maximum Gasteiger partial charge on any atom is 0.289 e. The molecule has 2 aromatic carbocycles. The zero-order valence-electron chi connectivity index (χ0n) is 17.4. The van der Waals surface area contributed by atoms with E-state index in [-0.39, 0.29) is 5.91 Å². The number of fused-ring (bicyclic) bond motifs is 1. The Hall–Kier alpha value is -3.28. The number of nitrogens with one attached hydrogen (secondary N) is 1. The molecule has 6 nitrogen and oxygen atoms in total. The van der Waals surface area contributed by atoms with E-state index in [0.29, 0.717) is 18.8 Å². The first-order chi connectivity index (χ1) is 14.7. The number of carbonyl (C=O) groups excluding carboxylic acids is 1. The van der Waals surface area contributed by atoms with Crippen LogP contribution in [-0.4, -0.2) is 60.9 Å². The summed E-state index contributed by atoms with van der Waals surface area (Å²) in [7, 11) is 0. The lowest BCUT2D eigenvalue weighted by molar-refractivity contribution is 0.0657. The summed E-state index contributed by atoms with van der Waals surface area (Å²) in [5, 5.41) is 5.92. The van der Waals surface area contributed by atoms with Crippen molar-refractivity contribution in [2.45, 2.75) is 13.3 Å². The summed E-state index contributed by atoms with van der Waals surface area (Å²) >= 11 is 0. The summed E-state index contributed by atoms with van der Waals surface area (Å²) in [5.74, 6) is 1.28. The first kappa shape index (κ1) is 20.0. The molecule has 0 atom stereocenters. The van der Waals surface area contributed by atoms with E-state index in [0.717, 1.165) is 38.6 Å². The fraction of sp³-hybridized carbons (Fsp3) is 0.333. The molecule has 4 rings (SSSR count). The van der Waals surface area contributed by atoms with Gasteiger partial charge in [-0.25, -0.2) is 0 Å². The summed E-state index contributed by atoms with van der Waals surface area (Å²) in [6.07, 6.45) is 2.44. The lowest BCUT2D eigenvalue weighted by Gasteiger charge is -2.36. The van der Waals surface area contributed by atoms with E-state index in [4.69, 9.17) is 9.41 Å². The fourth-order valence-corrected chi connectivity index (χ4v) is 3.79. The van der Waals surface area contributed by atoms with Crippen molar-refractivity contribution in [3.05, 3.63) is 72.2 Å². The Labute approximate surface area is 177 Å². The minimum atomic E-state index is -0.0436. The molecule has 1 aliphatic rings. The Morgan fingerprint density at radius 2 is 1.77 bits per heavy atom. The van der Waals surface area contributed by atoms with Gasteiger partial charge < -0.3 is 19.5 Å². The Morgan fingerprint density at radius 3 is 2.50 bits per heavy atom. The van der Waals surface area contributed by atoms with E-state index in [9.17, 15) is 4.79 Å². The number of hydrogen-bond acceptors (Lipinski definition) is 3. The number of guanidine groups is 1. The highest BCUT2D eigenvalue weighted by atomic mass is 16.3. The first-order valence-corrected chi connectivity index (χ1v) is 10.6. The molecule has 6 heteroatoms. The van der Waals surface area contributed by atoms with E-state index in [1.54, 1.807) is 12.1 Å². The zero-order chi connectivity index (χ0) is 20.8. The van der Waals surface area contributed by atoms with E-state index in [1.165, 1.54) is 22.6 Å². The monoisotopic (exact) mass is 404 g/mol. The van der Waals surface area contributed by atoms with E-state index >= 15 is 0 Å². The van der Waals surface area contributed by atoms with Gasteiger partial charge in [0.05, 0.1) is 6.26 Å². The normalized spacial score (nSPS) is 14.9. The summed E-state index contributed by atoms with van der Waals surface area (Å²) in [6.45, 7) is 6.47. The quantitative estimate of drug-likeness (QED) is 0.523. The molecule has 1 aliphatic heterocycles. The van der Waals surface area contributed by atoms with Crippen LogP contribution in [0.15, 0.2) is 70.3 Å². The van der Waals surface area contributed by atoms with Crippen molar-refractivity contribution in [2.75, 3.05) is 39.3 Å². The van der Waals surface area contributed by atoms with Crippen LogP contribution in [0.25, 0.3) is 10.8 Å². The third kappa shape index (κ3) is 4.64. The van der Waals surface area contributed by atoms with Crippen LogP contribution in [-0.2, 0) is 6.42 Å². The Morgan fingerprint density at radius 1 is 1.00 bits per heavy atom. The molecule has 0 unspecified atom stereocenters. The molecule has 0 aliphatic carbocycles. The molecule has 0 radical (unpaired) electrons. The minimum absolute atomic E-state index is 0.0436. The van der Waals surface area contributed by atoms with Crippen LogP contribution in [0.4, 0.5) is 0 Å². The van der Waals surface area contributed by atoms with Gasteiger partial charge in [0.1, 0.15) is 0 Å². The second-order valence-corrected chi connectivity index (χ2v) is 7.42. The maximum atomic E-state index is 12.5. The van der Waals surface area contributed by atoms with Gasteiger partial charge in [-0.15, -0.1) is 0 Å². The third-order valence-corrected chi connectivity index (χ3v) is 5.41. The van der Waals surface area contributed by atoms with Gasteiger partial charge in [-0.1, -0.05) is 42.5 Å². The average Bonchev–Trinajstić information content (AvgIpc) is 3.33. The van der Waals surface area contributed by atoms with Crippen molar-refractivity contribution in [2.24, 2.45) is 4.99 Å². The standard InChI is InChI=1S/C24H28N4O2/c1-2-25-24(26-12-11-19-9-10-20-6-3-4-7-21(20)18-19)28-15-13-27(14-16-28)23(29)22-8-5-17-30-22/h3-10,17-18H,2,11-16H2,1H3,(H,25,26). The van der Waals surface area contributed by atoms with Crippen LogP contribution < -0.4 is 5.32 Å². The maximum absolute atomic E-state index is 12.5. The van der Waals surface area contributed by atoms with Crippen molar-refractivity contribution >= 4 is 22.6 Å². The molecule has 0 saturated carbocycles. The van der Waals surface area contributed by atoms with Crippen molar-refractivity contribution in [3.8, 4) is 0 Å². The van der Waals surface area contributed by atoms with E-state index < -0.39 is 0 Å². The number of benzene rings is 2. The number of piperazine rings is 1. The van der Waals surface area contributed by atoms with Crippen molar-refractivity contribution in [1.29, 1.82) is 0 Å². The summed E-state index contributed by atoms with van der Waals surface area (Å²) in [4.78, 5) is 21.4. The second kappa shape index (κ2) is 9.48. The molecule has 0 bridgehead atoms. The number of hydrogen-bond donors (Lipinski definition) is 1. The molecule has 156 valence electrons. The second-order valence-electron chi connectivity index (χ2n) is 7.42. The summed E-state index contributed by atoms with van der Waals surface area (Å²) in [6, 6.07) is 18.5. The molecular formula is C24H28N4O2. The highest BCUT2D eigenvalue weighted by molar-refractivity contribution is 5.91. The van der Waals surface area contributed by atoms with E-state index in [1.807, 2.05) is 4.90 Å². The number of furan rings is 1. The van der Waals surface area contributed by atoms with Gasteiger partial charge in [-0.05, 0) is 41.8 Å².